The Balaban J connectivity index is 1.84. The van der Waals surface area contributed by atoms with Gasteiger partial charge in [-0.1, -0.05) is 0 Å². The molecular formula is C11H13N3O. The van der Waals surface area contributed by atoms with Gasteiger partial charge in [0.25, 0.3) is 0 Å². The van der Waals surface area contributed by atoms with Crippen LogP contribution in [-0.2, 0) is 6.54 Å². The first kappa shape index (κ1) is 8.73. The fraction of sp³-hybridized carbons (Fsp3) is 0.364. The molecule has 3 N–H and O–H groups in total. The molecule has 4 nitrogen and oxygen atoms in total. The standard InChI is InChI=1S/C11H13N3O/c15-8-3-4-9-10(5-8)14-11(13-9)6-12-7-1-2-7/h3-5,7,12,15H,1-2,6H2,(H,13,14). The van der Waals surface area contributed by atoms with Crippen molar-refractivity contribution >= 4 is 11.0 Å². The van der Waals surface area contributed by atoms with Gasteiger partial charge in [0.05, 0.1) is 17.6 Å². The van der Waals surface area contributed by atoms with Crippen LogP contribution in [0.4, 0.5) is 0 Å². The third-order valence-electron chi connectivity index (χ3n) is 2.65. The molecule has 4 heteroatoms. The number of phenols is 1. The van der Waals surface area contributed by atoms with E-state index in [0.717, 1.165) is 23.4 Å². The van der Waals surface area contributed by atoms with Crippen molar-refractivity contribution in [2.24, 2.45) is 0 Å². The highest BCUT2D eigenvalue weighted by atomic mass is 16.3. The number of nitrogens with one attached hydrogen (secondary N) is 2. The second-order valence-corrected chi connectivity index (χ2v) is 4.04. The maximum Gasteiger partial charge on any atom is 0.121 e. The third kappa shape index (κ3) is 1.80. The van der Waals surface area contributed by atoms with E-state index in [4.69, 9.17) is 0 Å². The molecule has 0 spiro atoms. The molecule has 0 amide bonds. The molecule has 1 fully saturated rings. The average molecular weight is 203 g/mol. The third-order valence-corrected chi connectivity index (χ3v) is 2.65. The minimum atomic E-state index is 0.271. The van der Waals surface area contributed by atoms with Crippen molar-refractivity contribution in [2.75, 3.05) is 0 Å². The Morgan fingerprint density at radius 3 is 3.13 bits per heavy atom. The molecule has 1 heterocycles. The topological polar surface area (TPSA) is 60.9 Å². The first-order valence-electron chi connectivity index (χ1n) is 5.22. The Hall–Kier alpha value is -1.55. The summed E-state index contributed by atoms with van der Waals surface area (Å²) in [7, 11) is 0. The van der Waals surface area contributed by atoms with Gasteiger partial charge in [0, 0.05) is 12.1 Å². The van der Waals surface area contributed by atoms with E-state index in [1.807, 2.05) is 6.07 Å². The summed E-state index contributed by atoms with van der Waals surface area (Å²) < 4.78 is 0. The number of H-pyrrole nitrogens is 1. The molecule has 1 aliphatic rings. The van der Waals surface area contributed by atoms with Crippen molar-refractivity contribution in [3.05, 3.63) is 24.0 Å². The van der Waals surface area contributed by atoms with Crippen LogP contribution in [0.5, 0.6) is 5.75 Å². The van der Waals surface area contributed by atoms with Crippen LogP contribution in [0.1, 0.15) is 18.7 Å². The van der Waals surface area contributed by atoms with E-state index in [0.29, 0.717) is 6.04 Å². The highest BCUT2D eigenvalue weighted by molar-refractivity contribution is 5.76. The van der Waals surface area contributed by atoms with Gasteiger partial charge in [0.15, 0.2) is 0 Å². The van der Waals surface area contributed by atoms with Crippen molar-refractivity contribution in [1.82, 2.24) is 15.3 Å². The van der Waals surface area contributed by atoms with E-state index in [9.17, 15) is 5.11 Å². The van der Waals surface area contributed by atoms with Crippen molar-refractivity contribution < 1.29 is 5.11 Å². The van der Waals surface area contributed by atoms with Crippen LogP contribution in [0.15, 0.2) is 18.2 Å². The number of aromatic nitrogens is 2. The van der Waals surface area contributed by atoms with E-state index < -0.39 is 0 Å². The maximum atomic E-state index is 9.30. The molecule has 1 aromatic heterocycles. The lowest BCUT2D eigenvalue weighted by Crippen LogP contribution is -2.16. The second kappa shape index (κ2) is 3.24. The average Bonchev–Trinajstić information content (AvgIpc) is 2.95. The summed E-state index contributed by atoms with van der Waals surface area (Å²) in [4.78, 5) is 7.61. The van der Waals surface area contributed by atoms with Gasteiger partial charge in [-0.25, -0.2) is 4.98 Å². The number of benzene rings is 1. The summed E-state index contributed by atoms with van der Waals surface area (Å²) in [5.41, 5.74) is 1.79. The van der Waals surface area contributed by atoms with E-state index in [-0.39, 0.29) is 5.75 Å². The van der Waals surface area contributed by atoms with Crippen LogP contribution in [0.2, 0.25) is 0 Å². The van der Waals surface area contributed by atoms with Crippen molar-refractivity contribution in [1.29, 1.82) is 0 Å². The Bertz CT molecular complexity index is 488. The molecule has 0 radical (unpaired) electrons. The minimum Gasteiger partial charge on any atom is -0.508 e. The number of rotatable bonds is 3. The smallest absolute Gasteiger partial charge is 0.121 e. The van der Waals surface area contributed by atoms with Gasteiger partial charge < -0.3 is 15.4 Å². The summed E-state index contributed by atoms with van der Waals surface area (Å²) in [6.45, 7) is 0.778. The normalized spacial score (nSPS) is 16.0. The number of hydrogen-bond donors (Lipinski definition) is 3. The predicted octanol–water partition coefficient (Wildman–Crippen LogP) is 1.52. The SMILES string of the molecule is Oc1ccc2nc(CNC3CC3)[nH]c2c1. The molecule has 0 atom stereocenters. The molecule has 15 heavy (non-hydrogen) atoms. The zero-order valence-corrected chi connectivity index (χ0v) is 8.33. The number of aromatic amines is 1. The summed E-state index contributed by atoms with van der Waals surface area (Å²) >= 11 is 0. The van der Waals surface area contributed by atoms with Crippen molar-refractivity contribution in [3.8, 4) is 5.75 Å². The predicted molar refractivity (Wildman–Crippen MR) is 57.6 cm³/mol. The monoisotopic (exact) mass is 203 g/mol. The molecule has 0 saturated heterocycles. The quantitative estimate of drug-likeness (QED) is 0.708. The first-order chi connectivity index (χ1) is 7.31. The molecule has 0 aliphatic heterocycles. The lowest BCUT2D eigenvalue weighted by molar-refractivity contribution is 0.476. The van der Waals surface area contributed by atoms with Crippen molar-refractivity contribution in [2.45, 2.75) is 25.4 Å². The Kier molecular flexibility index (Phi) is 1.89. The van der Waals surface area contributed by atoms with Gasteiger partial charge in [0.2, 0.25) is 0 Å². The number of hydrogen-bond acceptors (Lipinski definition) is 3. The lowest BCUT2D eigenvalue weighted by atomic mass is 10.3. The van der Waals surface area contributed by atoms with Crippen LogP contribution in [0.3, 0.4) is 0 Å². The number of phenolic OH excluding ortho intramolecular Hbond substituents is 1. The number of imidazole rings is 1. The van der Waals surface area contributed by atoms with Gasteiger partial charge in [0.1, 0.15) is 11.6 Å². The first-order valence-corrected chi connectivity index (χ1v) is 5.22. The number of aromatic hydroxyl groups is 1. The molecule has 2 aromatic rings. The second-order valence-electron chi connectivity index (χ2n) is 4.04. The summed E-state index contributed by atoms with van der Waals surface area (Å²) in [6.07, 6.45) is 2.56. The van der Waals surface area contributed by atoms with Gasteiger partial charge in [-0.15, -0.1) is 0 Å². The highest BCUT2D eigenvalue weighted by Crippen LogP contribution is 2.20. The molecule has 1 aromatic carbocycles. The summed E-state index contributed by atoms with van der Waals surface area (Å²) in [5.74, 6) is 1.20. The maximum absolute atomic E-state index is 9.30. The molecule has 3 rings (SSSR count). The van der Waals surface area contributed by atoms with Crippen LogP contribution in [0.25, 0.3) is 11.0 Å². The van der Waals surface area contributed by atoms with Gasteiger partial charge in [-0.2, -0.15) is 0 Å². The fourth-order valence-electron chi connectivity index (χ4n) is 1.66. The summed E-state index contributed by atoms with van der Waals surface area (Å²) in [5, 5.41) is 12.7. The molecule has 0 bridgehead atoms. The van der Waals surface area contributed by atoms with E-state index in [2.05, 4.69) is 15.3 Å². The Morgan fingerprint density at radius 2 is 2.33 bits per heavy atom. The number of nitrogens with zero attached hydrogens (tertiary/aromatic N) is 1. The summed E-state index contributed by atoms with van der Waals surface area (Å²) in [6, 6.07) is 5.86. The lowest BCUT2D eigenvalue weighted by Gasteiger charge is -1.96. The molecular weight excluding hydrogens is 190 g/mol. The molecule has 1 saturated carbocycles. The van der Waals surface area contributed by atoms with Gasteiger partial charge in [-0.05, 0) is 25.0 Å². The largest absolute Gasteiger partial charge is 0.508 e. The zero-order valence-electron chi connectivity index (χ0n) is 8.33. The Labute approximate surface area is 87.3 Å². The fourth-order valence-corrected chi connectivity index (χ4v) is 1.66. The molecule has 78 valence electrons. The van der Waals surface area contributed by atoms with Crippen LogP contribution < -0.4 is 5.32 Å². The zero-order chi connectivity index (χ0) is 10.3. The highest BCUT2D eigenvalue weighted by Gasteiger charge is 2.20. The molecule has 1 aliphatic carbocycles. The van der Waals surface area contributed by atoms with E-state index in [1.54, 1.807) is 12.1 Å². The minimum absolute atomic E-state index is 0.271. The van der Waals surface area contributed by atoms with E-state index in [1.165, 1.54) is 12.8 Å². The van der Waals surface area contributed by atoms with Crippen LogP contribution >= 0.6 is 0 Å². The van der Waals surface area contributed by atoms with E-state index >= 15 is 0 Å². The molecule has 0 unspecified atom stereocenters. The van der Waals surface area contributed by atoms with Crippen LogP contribution in [0, 0.1) is 0 Å². The van der Waals surface area contributed by atoms with Crippen molar-refractivity contribution in [3.63, 3.8) is 0 Å². The Morgan fingerprint density at radius 1 is 1.47 bits per heavy atom. The van der Waals surface area contributed by atoms with Gasteiger partial charge in [-0.3, -0.25) is 0 Å². The number of fused-ring (bicyclic) bond motifs is 1. The van der Waals surface area contributed by atoms with Crippen LogP contribution in [-0.4, -0.2) is 21.1 Å². The van der Waals surface area contributed by atoms with Gasteiger partial charge >= 0.3 is 0 Å².